The molecule has 13 rings (SSSR count). The van der Waals surface area contributed by atoms with E-state index in [-0.39, 0.29) is 22.3 Å². The van der Waals surface area contributed by atoms with Gasteiger partial charge in [0.25, 0.3) is 0 Å². The molecule has 3 nitrogen and oxygen atoms in total. The van der Waals surface area contributed by atoms with E-state index >= 15 is 26.3 Å². The predicted molar refractivity (Wildman–Crippen MR) is 302 cm³/mol. The first-order valence-corrected chi connectivity index (χ1v) is 25.3. The van der Waals surface area contributed by atoms with Gasteiger partial charge in [-0.3, -0.25) is 0 Å². The second-order valence-corrected chi connectivity index (χ2v) is 19.4. The van der Waals surface area contributed by atoms with Crippen LogP contribution < -0.4 is 0 Å². The maximum atomic E-state index is 15.5. The summed E-state index contributed by atoms with van der Waals surface area (Å²) in [4.78, 5) is 0. The van der Waals surface area contributed by atoms with Gasteiger partial charge in [-0.25, -0.2) is 0 Å². The molecule has 0 fully saturated rings. The molecule has 11 aromatic carbocycles. The van der Waals surface area contributed by atoms with Crippen LogP contribution in [-0.2, 0) is 12.4 Å². The van der Waals surface area contributed by atoms with Crippen molar-refractivity contribution in [2.75, 3.05) is 0 Å². The van der Waals surface area contributed by atoms with Crippen molar-refractivity contribution in [3.63, 3.8) is 0 Å². The van der Waals surface area contributed by atoms with Crippen LogP contribution in [-0.4, -0.2) is 9.13 Å². The molecule has 374 valence electrons. The van der Waals surface area contributed by atoms with E-state index in [9.17, 15) is 5.26 Å². The maximum absolute atomic E-state index is 15.5. The van der Waals surface area contributed by atoms with E-state index in [1.807, 2.05) is 179 Å². The second kappa shape index (κ2) is 18.7. The van der Waals surface area contributed by atoms with Gasteiger partial charge < -0.3 is 9.13 Å². The van der Waals surface area contributed by atoms with Crippen LogP contribution in [0.5, 0.6) is 0 Å². The van der Waals surface area contributed by atoms with Crippen LogP contribution in [0.25, 0.3) is 122 Å². The highest BCUT2D eigenvalue weighted by Gasteiger charge is 2.42. The van der Waals surface area contributed by atoms with Crippen LogP contribution in [0.2, 0.25) is 0 Å². The molecule has 0 saturated carbocycles. The highest BCUT2D eigenvalue weighted by atomic mass is 19.4. The molecule has 0 aliphatic heterocycles. The highest BCUT2D eigenvalue weighted by molar-refractivity contribution is 6.14. The van der Waals surface area contributed by atoms with Gasteiger partial charge in [0, 0.05) is 38.4 Å². The van der Waals surface area contributed by atoms with Gasteiger partial charge in [-0.15, -0.1) is 0 Å². The summed E-state index contributed by atoms with van der Waals surface area (Å²) in [6.45, 7) is 0. The van der Waals surface area contributed by atoms with Crippen molar-refractivity contribution in [3.8, 4) is 84.2 Å². The molecule has 2 aromatic heterocycles. The van der Waals surface area contributed by atoms with E-state index in [0.717, 1.165) is 94.2 Å². The summed E-state index contributed by atoms with van der Waals surface area (Å²) < 4.78 is 96.8. The zero-order valence-corrected chi connectivity index (χ0v) is 41.3. The van der Waals surface area contributed by atoms with E-state index < -0.39 is 29.0 Å². The Morgan fingerprint density at radius 2 is 0.692 bits per heavy atom. The van der Waals surface area contributed by atoms with Crippen molar-refractivity contribution in [3.05, 3.63) is 265 Å². The first kappa shape index (κ1) is 47.8. The Morgan fingerprint density at radius 1 is 0.308 bits per heavy atom. The van der Waals surface area contributed by atoms with Crippen LogP contribution in [0.15, 0.2) is 249 Å². The summed E-state index contributed by atoms with van der Waals surface area (Å²) in [5, 5.41) is 14.1. The standard InChI is InChI=1S/C69H41F6N3/c70-68(71,72)60-22-13-23-61(69(73,74)75)67(60)53-30-29-52(77-62-32-25-48(44-14-5-1-6-15-44)37-56(62)57-38-49(26-33-63(57)77)45-16-7-2-8-17-45)41-54(53)55-36-43(42-76)24-31-64(55)78-65-34-27-50(46-18-9-3-10-19-46)39-58(65)59-40-51(28-35-66(59)78)47-20-11-4-12-21-47/h1-41H. The molecule has 0 unspecified atom stereocenters. The Labute approximate surface area is 444 Å². The summed E-state index contributed by atoms with van der Waals surface area (Å²) in [5.41, 5.74) is 7.92. The van der Waals surface area contributed by atoms with Crippen LogP contribution in [0.4, 0.5) is 26.3 Å². The lowest BCUT2D eigenvalue weighted by Crippen LogP contribution is -2.14. The lowest BCUT2D eigenvalue weighted by molar-refractivity contribution is -0.142. The molecular weight excluding hydrogens is 985 g/mol. The summed E-state index contributed by atoms with van der Waals surface area (Å²) in [7, 11) is 0. The van der Waals surface area contributed by atoms with Gasteiger partial charge in [0.15, 0.2) is 0 Å². The molecule has 0 bridgehead atoms. The largest absolute Gasteiger partial charge is 0.417 e. The number of halogens is 6. The molecular formula is C69H41F6N3. The molecule has 0 aliphatic carbocycles. The van der Waals surface area contributed by atoms with Crippen molar-refractivity contribution in [2.24, 2.45) is 0 Å². The summed E-state index contributed by atoms with van der Waals surface area (Å²) in [6, 6.07) is 78.2. The van der Waals surface area contributed by atoms with E-state index in [1.54, 1.807) is 30.3 Å². The molecule has 0 saturated heterocycles. The number of rotatable bonds is 8. The van der Waals surface area contributed by atoms with Crippen molar-refractivity contribution in [2.45, 2.75) is 12.4 Å². The monoisotopic (exact) mass is 1030 g/mol. The SMILES string of the molecule is N#Cc1ccc(-n2c3ccc(-c4ccccc4)cc3c3cc(-c4ccccc4)ccc32)c(-c2cc(-n3c4ccc(-c5ccccc5)cc4c4cc(-c5ccccc5)ccc43)ccc2-c2c(C(F)(F)F)cccc2C(F)(F)F)c1. The third kappa shape index (κ3) is 8.26. The summed E-state index contributed by atoms with van der Waals surface area (Å²) in [5.74, 6) is 0. The minimum absolute atomic E-state index is 0.0513. The van der Waals surface area contributed by atoms with E-state index in [1.165, 1.54) is 6.07 Å². The number of aromatic nitrogens is 2. The second-order valence-electron chi connectivity index (χ2n) is 19.4. The van der Waals surface area contributed by atoms with Gasteiger partial charge in [0.05, 0.1) is 50.5 Å². The summed E-state index contributed by atoms with van der Waals surface area (Å²) >= 11 is 0. The van der Waals surface area contributed by atoms with Crippen molar-refractivity contribution >= 4 is 43.6 Å². The zero-order valence-electron chi connectivity index (χ0n) is 41.3. The number of nitriles is 1. The number of hydrogen-bond donors (Lipinski definition) is 0. The maximum Gasteiger partial charge on any atom is 0.417 e. The number of alkyl halides is 6. The van der Waals surface area contributed by atoms with E-state index in [4.69, 9.17) is 0 Å². The van der Waals surface area contributed by atoms with Crippen LogP contribution in [0, 0.1) is 11.3 Å². The molecule has 0 spiro atoms. The number of nitrogens with zero attached hydrogens (tertiary/aromatic N) is 3. The minimum atomic E-state index is -5.19. The third-order valence-electron chi connectivity index (χ3n) is 14.8. The fourth-order valence-electron chi connectivity index (χ4n) is 11.3. The molecule has 0 amide bonds. The lowest BCUT2D eigenvalue weighted by atomic mass is 9.86. The smallest absolute Gasteiger partial charge is 0.309 e. The number of benzene rings is 11. The molecule has 9 heteroatoms. The molecule has 0 N–H and O–H groups in total. The fourth-order valence-corrected chi connectivity index (χ4v) is 11.3. The van der Waals surface area contributed by atoms with Crippen molar-refractivity contribution in [1.82, 2.24) is 9.13 Å². The van der Waals surface area contributed by atoms with Crippen LogP contribution in [0.3, 0.4) is 0 Å². The van der Waals surface area contributed by atoms with Gasteiger partial charge >= 0.3 is 12.4 Å². The Morgan fingerprint density at radius 3 is 1.06 bits per heavy atom. The minimum Gasteiger partial charge on any atom is -0.309 e. The topological polar surface area (TPSA) is 33.6 Å². The Bertz CT molecular complexity index is 4280. The average molecular weight is 1030 g/mol. The Balaban J connectivity index is 1.13. The third-order valence-corrected chi connectivity index (χ3v) is 14.8. The summed E-state index contributed by atoms with van der Waals surface area (Å²) in [6.07, 6.45) is -10.4. The van der Waals surface area contributed by atoms with Gasteiger partial charge in [0.2, 0.25) is 0 Å². The zero-order chi connectivity index (χ0) is 53.3. The lowest BCUT2D eigenvalue weighted by Gasteiger charge is -2.23. The average Bonchev–Trinajstić information content (AvgIpc) is 4.19. The Kier molecular flexibility index (Phi) is 11.5. The van der Waals surface area contributed by atoms with E-state index in [2.05, 4.69) is 30.3 Å². The first-order valence-electron chi connectivity index (χ1n) is 25.3. The van der Waals surface area contributed by atoms with Gasteiger partial charge in [-0.1, -0.05) is 158 Å². The predicted octanol–water partition coefficient (Wildman–Crippen LogP) is 19.8. The van der Waals surface area contributed by atoms with Crippen molar-refractivity contribution < 1.29 is 26.3 Å². The molecule has 0 atom stereocenters. The van der Waals surface area contributed by atoms with Crippen LogP contribution >= 0.6 is 0 Å². The van der Waals surface area contributed by atoms with Crippen molar-refractivity contribution in [1.29, 1.82) is 5.26 Å². The van der Waals surface area contributed by atoms with Gasteiger partial charge in [-0.05, 0) is 147 Å². The Hall–Kier alpha value is -9.91. The quantitative estimate of drug-likeness (QED) is 0.140. The molecule has 2 heterocycles. The van der Waals surface area contributed by atoms with Crippen LogP contribution in [0.1, 0.15) is 16.7 Å². The first-order chi connectivity index (χ1) is 37.9. The number of fused-ring (bicyclic) bond motifs is 6. The fraction of sp³-hybridized carbons (Fsp3) is 0.0290. The highest BCUT2D eigenvalue weighted by Crippen LogP contribution is 2.50. The molecule has 78 heavy (non-hydrogen) atoms. The molecule has 13 aromatic rings. The normalized spacial score (nSPS) is 12.0. The molecule has 0 aliphatic rings. The van der Waals surface area contributed by atoms with E-state index in [0.29, 0.717) is 23.5 Å². The number of hydrogen-bond acceptors (Lipinski definition) is 1. The van der Waals surface area contributed by atoms with Gasteiger partial charge in [0.1, 0.15) is 0 Å². The van der Waals surface area contributed by atoms with Gasteiger partial charge in [-0.2, -0.15) is 31.6 Å². The molecule has 0 radical (unpaired) electrons.